The normalized spacial score (nSPS) is 18.6. The summed E-state index contributed by atoms with van der Waals surface area (Å²) in [5.74, 6) is 1.04. The lowest BCUT2D eigenvalue weighted by atomic mass is 10.0. The predicted molar refractivity (Wildman–Crippen MR) is 49.4 cm³/mol. The minimum atomic E-state index is 0.757. The summed E-state index contributed by atoms with van der Waals surface area (Å²) in [6.45, 7) is 2.82. The van der Waals surface area contributed by atoms with E-state index in [1.165, 1.54) is 11.1 Å². The Bertz CT molecular complexity index is 313. The first-order valence-corrected chi connectivity index (χ1v) is 4.25. The summed E-state index contributed by atoms with van der Waals surface area (Å²) in [6, 6.07) is 8.22. The van der Waals surface area contributed by atoms with Crippen LogP contribution in [0.5, 0.6) is 5.75 Å². The molecular formula is C11H12O. The summed E-state index contributed by atoms with van der Waals surface area (Å²) in [4.78, 5) is 0. The molecule has 0 saturated carbocycles. The maximum absolute atomic E-state index is 5.56. The van der Waals surface area contributed by atoms with Crippen LogP contribution in [0.1, 0.15) is 12.5 Å². The third kappa shape index (κ3) is 1.22. The largest absolute Gasteiger partial charge is 0.489 e. The molecule has 1 aliphatic rings. The third-order valence-electron chi connectivity index (χ3n) is 2.21. The number of allylic oxidation sites excluding steroid dienone is 1. The van der Waals surface area contributed by atoms with Gasteiger partial charge in [-0.15, -0.1) is 0 Å². The van der Waals surface area contributed by atoms with Crippen molar-refractivity contribution in [1.82, 2.24) is 0 Å². The van der Waals surface area contributed by atoms with Gasteiger partial charge in [0, 0.05) is 6.42 Å². The van der Waals surface area contributed by atoms with Gasteiger partial charge in [0.1, 0.15) is 12.4 Å². The number of hydrogen-bond acceptors (Lipinski definition) is 1. The van der Waals surface area contributed by atoms with Crippen LogP contribution in [0.3, 0.4) is 0 Å². The smallest absolute Gasteiger partial charge is 0.123 e. The molecule has 0 N–H and O–H groups in total. The van der Waals surface area contributed by atoms with Gasteiger partial charge in [-0.1, -0.05) is 24.3 Å². The first-order chi connectivity index (χ1) is 5.90. The number of para-hydroxylation sites is 1. The fraction of sp³-hybridized carbons (Fsp3) is 0.273. The molecule has 12 heavy (non-hydrogen) atoms. The first kappa shape index (κ1) is 7.41. The summed E-state index contributed by atoms with van der Waals surface area (Å²) in [6.07, 6.45) is 3.18. The summed E-state index contributed by atoms with van der Waals surface area (Å²) in [7, 11) is 0. The van der Waals surface area contributed by atoms with E-state index >= 15 is 0 Å². The van der Waals surface area contributed by atoms with E-state index in [2.05, 4.69) is 25.1 Å². The second-order valence-electron chi connectivity index (χ2n) is 3.02. The Hall–Kier alpha value is -1.24. The number of benzene rings is 1. The average Bonchev–Trinajstić information content (AvgIpc) is 2.17. The molecule has 2 rings (SSSR count). The summed E-state index contributed by atoms with van der Waals surface area (Å²) in [5.41, 5.74) is 2.67. The van der Waals surface area contributed by atoms with Crippen molar-refractivity contribution in [2.75, 3.05) is 6.61 Å². The lowest BCUT2D eigenvalue weighted by Crippen LogP contribution is -2.11. The first-order valence-electron chi connectivity index (χ1n) is 4.25. The SMILES string of the molecule is C/C=C1\COc2ccccc2C1. The Morgan fingerprint density at radius 2 is 2.17 bits per heavy atom. The van der Waals surface area contributed by atoms with Crippen molar-refractivity contribution in [2.24, 2.45) is 0 Å². The number of hydrogen-bond donors (Lipinski definition) is 0. The Balaban J connectivity index is 2.35. The molecule has 0 unspecified atom stereocenters. The Morgan fingerprint density at radius 3 is 3.00 bits per heavy atom. The van der Waals surface area contributed by atoms with E-state index in [1.807, 2.05) is 12.1 Å². The molecule has 0 atom stereocenters. The molecule has 0 radical (unpaired) electrons. The molecule has 0 bridgehead atoms. The summed E-state index contributed by atoms with van der Waals surface area (Å²) >= 11 is 0. The zero-order valence-electron chi connectivity index (χ0n) is 7.21. The van der Waals surface area contributed by atoms with Crippen LogP contribution in [0, 0.1) is 0 Å². The quantitative estimate of drug-likeness (QED) is 0.530. The van der Waals surface area contributed by atoms with E-state index in [9.17, 15) is 0 Å². The fourth-order valence-corrected chi connectivity index (χ4v) is 1.44. The van der Waals surface area contributed by atoms with Crippen molar-refractivity contribution in [3.63, 3.8) is 0 Å². The van der Waals surface area contributed by atoms with E-state index in [-0.39, 0.29) is 0 Å². The Kier molecular flexibility index (Phi) is 1.86. The standard InChI is InChI=1S/C11H12O/c1-2-9-7-10-5-3-4-6-11(10)12-8-9/h2-6H,7-8H2,1H3/b9-2-. The molecule has 0 aromatic heterocycles. The molecule has 0 spiro atoms. The maximum atomic E-state index is 5.56. The van der Waals surface area contributed by atoms with Crippen molar-refractivity contribution in [3.05, 3.63) is 41.5 Å². The molecule has 1 aromatic carbocycles. The molecule has 1 heterocycles. The average molecular weight is 160 g/mol. The summed E-state index contributed by atoms with van der Waals surface area (Å²) in [5, 5.41) is 0. The van der Waals surface area contributed by atoms with Crippen molar-refractivity contribution in [2.45, 2.75) is 13.3 Å². The van der Waals surface area contributed by atoms with Gasteiger partial charge in [-0.05, 0) is 24.1 Å². The van der Waals surface area contributed by atoms with Gasteiger partial charge in [0.15, 0.2) is 0 Å². The molecule has 1 nitrogen and oxygen atoms in total. The second-order valence-corrected chi connectivity index (χ2v) is 3.02. The zero-order valence-corrected chi connectivity index (χ0v) is 7.21. The Morgan fingerprint density at radius 1 is 1.33 bits per heavy atom. The van der Waals surface area contributed by atoms with Crippen LogP contribution in [0.2, 0.25) is 0 Å². The highest BCUT2D eigenvalue weighted by Gasteiger charge is 2.11. The van der Waals surface area contributed by atoms with Crippen molar-refractivity contribution >= 4 is 0 Å². The highest BCUT2D eigenvalue weighted by molar-refractivity contribution is 5.39. The van der Waals surface area contributed by atoms with E-state index in [1.54, 1.807) is 0 Å². The van der Waals surface area contributed by atoms with E-state index in [0.29, 0.717) is 0 Å². The number of fused-ring (bicyclic) bond motifs is 1. The predicted octanol–water partition coefficient (Wildman–Crippen LogP) is 2.57. The van der Waals surface area contributed by atoms with Crippen LogP contribution in [-0.4, -0.2) is 6.61 Å². The lowest BCUT2D eigenvalue weighted by Gasteiger charge is -2.19. The van der Waals surface area contributed by atoms with Crippen molar-refractivity contribution in [1.29, 1.82) is 0 Å². The molecule has 0 saturated heterocycles. The van der Waals surface area contributed by atoms with Crippen LogP contribution in [-0.2, 0) is 6.42 Å². The van der Waals surface area contributed by atoms with E-state index < -0.39 is 0 Å². The van der Waals surface area contributed by atoms with Gasteiger partial charge in [-0.2, -0.15) is 0 Å². The fourth-order valence-electron chi connectivity index (χ4n) is 1.44. The molecule has 1 aliphatic heterocycles. The van der Waals surface area contributed by atoms with Crippen LogP contribution < -0.4 is 4.74 Å². The van der Waals surface area contributed by atoms with Gasteiger partial charge >= 0.3 is 0 Å². The monoisotopic (exact) mass is 160 g/mol. The minimum Gasteiger partial charge on any atom is -0.489 e. The Labute approximate surface area is 72.7 Å². The van der Waals surface area contributed by atoms with Crippen LogP contribution in [0.15, 0.2) is 35.9 Å². The molecule has 1 heteroatoms. The highest BCUT2D eigenvalue weighted by Crippen LogP contribution is 2.25. The highest BCUT2D eigenvalue weighted by atomic mass is 16.5. The zero-order chi connectivity index (χ0) is 8.39. The molecule has 1 aromatic rings. The molecular weight excluding hydrogens is 148 g/mol. The van der Waals surface area contributed by atoms with Gasteiger partial charge in [-0.3, -0.25) is 0 Å². The van der Waals surface area contributed by atoms with Gasteiger partial charge in [0.2, 0.25) is 0 Å². The molecule has 62 valence electrons. The maximum Gasteiger partial charge on any atom is 0.123 e. The number of rotatable bonds is 0. The van der Waals surface area contributed by atoms with Gasteiger partial charge < -0.3 is 4.74 Å². The second kappa shape index (κ2) is 3.02. The van der Waals surface area contributed by atoms with Crippen molar-refractivity contribution in [3.8, 4) is 5.75 Å². The van der Waals surface area contributed by atoms with Gasteiger partial charge in [0.05, 0.1) is 0 Å². The summed E-state index contributed by atoms with van der Waals surface area (Å²) < 4.78 is 5.56. The molecule has 0 amide bonds. The minimum absolute atomic E-state index is 0.757. The lowest BCUT2D eigenvalue weighted by molar-refractivity contribution is 0.331. The topological polar surface area (TPSA) is 9.23 Å². The molecule has 0 aliphatic carbocycles. The van der Waals surface area contributed by atoms with Gasteiger partial charge in [0.25, 0.3) is 0 Å². The van der Waals surface area contributed by atoms with Gasteiger partial charge in [-0.25, -0.2) is 0 Å². The van der Waals surface area contributed by atoms with Crippen molar-refractivity contribution < 1.29 is 4.74 Å². The van der Waals surface area contributed by atoms with Crippen LogP contribution in [0.25, 0.3) is 0 Å². The number of ether oxygens (including phenoxy) is 1. The molecule has 0 fully saturated rings. The van der Waals surface area contributed by atoms with E-state index in [0.717, 1.165) is 18.8 Å². The third-order valence-corrected chi connectivity index (χ3v) is 2.21. The van der Waals surface area contributed by atoms with Crippen LogP contribution in [0.4, 0.5) is 0 Å². The van der Waals surface area contributed by atoms with E-state index in [4.69, 9.17) is 4.74 Å². The van der Waals surface area contributed by atoms with Crippen LogP contribution >= 0.6 is 0 Å².